The van der Waals surface area contributed by atoms with Crippen molar-refractivity contribution in [2.75, 3.05) is 26.2 Å². The van der Waals surface area contributed by atoms with E-state index in [0.717, 1.165) is 25.4 Å². The highest BCUT2D eigenvalue weighted by atomic mass is 16.5. The monoisotopic (exact) mass is 299 g/mol. The number of nitrogens with zero attached hydrogens (tertiary/aromatic N) is 3. The van der Waals surface area contributed by atoms with Crippen LogP contribution in [0, 0.1) is 0 Å². The van der Waals surface area contributed by atoms with Crippen LogP contribution in [0.5, 0.6) is 5.75 Å². The molecule has 0 bridgehead atoms. The average Bonchev–Trinajstić information content (AvgIpc) is 3.04. The van der Waals surface area contributed by atoms with Gasteiger partial charge in [-0.15, -0.1) is 0 Å². The Bertz CT molecular complexity index is 567. The minimum Gasteiger partial charge on any atom is -0.492 e. The summed E-state index contributed by atoms with van der Waals surface area (Å²) < 4.78 is 8.06. The molecule has 1 aromatic carbocycles. The van der Waals surface area contributed by atoms with Crippen molar-refractivity contribution in [3.63, 3.8) is 0 Å². The van der Waals surface area contributed by atoms with Crippen molar-refractivity contribution in [1.29, 1.82) is 0 Å². The summed E-state index contributed by atoms with van der Waals surface area (Å²) >= 11 is 0. The molecule has 0 unspecified atom stereocenters. The van der Waals surface area contributed by atoms with Gasteiger partial charge in [-0.2, -0.15) is 0 Å². The van der Waals surface area contributed by atoms with E-state index in [1.165, 1.54) is 25.2 Å². The Morgan fingerprint density at radius 3 is 2.95 bits per heavy atom. The fraction of sp³-hybridized carbons (Fsp3) is 0.500. The van der Waals surface area contributed by atoms with E-state index >= 15 is 0 Å². The van der Waals surface area contributed by atoms with Gasteiger partial charge in [0.15, 0.2) is 0 Å². The van der Waals surface area contributed by atoms with E-state index in [9.17, 15) is 0 Å². The second kappa shape index (κ2) is 7.45. The summed E-state index contributed by atoms with van der Waals surface area (Å²) in [6, 6.07) is 9.99. The lowest BCUT2D eigenvalue weighted by Crippen LogP contribution is -2.35. The standard InChI is InChI=1S/C18H25N3O/c1-2-20-11-6-7-16(15-20)18-19-10-12-21(18)13-14-22-17-8-4-3-5-9-17/h3-5,8-10,12,16H,2,6-7,11,13-15H2,1H3/t16-/m0/s1. The summed E-state index contributed by atoms with van der Waals surface area (Å²) in [4.78, 5) is 7.14. The lowest BCUT2D eigenvalue weighted by molar-refractivity contribution is 0.210. The summed E-state index contributed by atoms with van der Waals surface area (Å²) in [5.74, 6) is 2.70. The Morgan fingerprint density at radius 2 is 2.14 bits per heavy atom. The SMILES string of the molecule is CCN1CCC[C@H](c2nccn2CCOc2ccccc2)C1. The second-order valence-corrected chi connectivity index (χ2v) is 5.87. The number of ether oxygens (including phenoxy) is 1. The maximum absolute atomic E-state index is 5.80. The topological polar surface area (TPSA) is 30.3 Å². The normalized spacial score (nSPS) is 19.2. The smallest absolute Gasteiger partial charge is 0.119 e. The first kappa shape index (κ1) is 15.1. The Balaban J connectivity index is 1.57. The fourth-order valence-corrected chi connectivity index (χ4v) is 3.20. The van der Waals surface area contributed by atoms with E-state index < -0.39 is 0 Å². The highest BCUT2D eigenvalue weighted by Crippen LogP contribution is 2.25. The molecule has 22 heavy (non-hydrogen) atoms. The van der Waals surface area contributed by atoms with Crippen molar-refractivity contribution in [3.05, 3.63) is 48.5 Å². The predicted molar refractivity (Wildman–Crippen MR) is 88.3 cm³/mol. The summed E-state index contributed by atoms with van der Waals surface area (Å²) in [5.41, 5.74) is 0. The average molecular weight is 299 g/mol. The molecular weight excluding hydrogens is 274 g/mol. The van der Waals surface area contributed by atoms with Gasteiger partial charge in [0.2, 0.25) is 0 Å². The van der Waals surface area contributed by atoms with Crippen LogP contribution in [0.2, 0.25) is 0 Å². The zero-order valence-electron chi connectivity index (χ0n) is 13.3. The van der Waals surface area contributed by atoms with E-state index in [-0.39, 0.29) is 0 Å². The molecule has 4 nitrogen and oxygen atoms in total. The van der Waals surface area contributed by atoms with Crippen LogP contribution in [-0.4, -0.2) is 40.7 Å². The Hall–Kier alpha value is -1.81. The highest BCUT2D eigenvalue weighted by Gasteiger charge is 2.23. The van der Waals surface area contributed by atoms with Gasteiger partial charge in [0.1, 0.15) is 18.2 Å². The number of aromatic nitrogens is 2. The van der Waals surface area contributed by atoms with Gasteiger partial charge < -0.3 is 14.2 Å². The molecule has 1 aliphatic rings. The maximum Gasteiger partial charge on any atom is 0.119 e. The number of imidazole rings is 1. The van der Waals surface area contributed by atoms with Crippen molar-refractivity contribution < 1.29 is 4.74 Å². The molecule has 3 rings (SSSR count). The third-order valence-electron chi connectivity index (χ3n) is 4.41. The number of likely N-dealkylation sites (tertiary alicyclic amines) is 1. The molecule has 0 amide bonds. The molecule has 1 aromatic heterocycles. The Morgan fingerprint density at radius 1 is 1.27 bits per heavy atom. The van der Waals surface area contributed by atoms with Crippen LogP contribution in [0.15, 0.2) is 42.7 Å². The highest BCUT2D eigenvalue weighted by molar-refractivity contribution is 5.20. The van der Waals surface area contributed by atoms with Gasteiger partial charge in [-0.3, -0.25) is 0 Å². The van der Waals surface area contributed by atoms with Gasteiger partial charge in [-0.1, -0.05) is 25.1 Å². The number of rotatable bonds is 6. The van der Waals surface area contributed by atoms with Crippen molar-refractivity contribution in [1.82, 2.24) is 14.5 Å². The lowest BCUT2D eigenvalue weighted by Gasteiger charge is -2.31. The van der Waals surface area contributed by atoms with Crippen LogP contribution in [0.4, 0.5) is 0 Å². The molecule has 0 aliphatic carbocycles. The predicted octanol–water partition coefficient (Wildman–Crippen LogP) is 3.16. The Labute approximate surface area is 132 Å². The van der Waals surface area contributed by atoms with Crippen LogP contribution < -0.4 is 4.74 Å². The van der Waals surface area contributed by atoms with Gasteiger partial charge in [0.25, 0.3) is 0 Å². The van der Waals surface area contributed by atoms with E-state index in [0.29, 0.717) is 12.5 Å². The molecule has 0 N–H and O–H groups in total. The minimum atomic E-state index is 0.556. The van der Waals surface area contributed by atoms with E-state index in [1.54, 1.807) is 0 Å². The fourth-order valence-electron chi connectivity index (χ4n) is 3.20. The largest absolute Gasteiger partial charge is 0.492 e. The molecule has 118 valence electrons. The molecule has 4 heteroatoms. The number of piperidine rings is 1. The zero-order chi connectivity index (χ0) is 15.2. The third kappa shape index (κ3) is 3.69. The summed E-state index contributed by atoms with van der Waals surface area (Å²) in [6.45, 7) is 7.26. The summed E-state index contributed by atoms with van der Waals surface area (Å²) in [7, 11) is 0. The molecule has 1 aliphatic heterocycles. The molecule has 0 spiro atoms. The Kier molecular flexibility index (Phi) is 5.11. The molecule has 2 heterocycles. The van der Waals surface area contributed by atoms with E-state index in [4.69, 9.17) is 4.74 Å². The molecule has 1 atom stereocenters. The number of hydrogen-bond acceptors (Lipinski definition) is 3. The van der Waals surface area contributed by atoms with Crippen LogP contribution >= 0.6 is 0 Å². The first-order valence-corrected chi connectivity index (χ1v) is 8.28. The summed E-state index contributed by atoms with van der Waals surface area (Å²) in [6.07, 6.45) is 6.51. The molecule has 2 aromatic rings. The number of benzene rings is 1. The van der Waals surface area contributed by atoms with Gasteiger partial charge in [-0.25, -0.2) is 4.98 Å². The molecule has 0 radical (unpaired) electrons. The molecule has 1 saturated heterocycles. The molecule has 0 saturated carbocycles. The zero-order valence-corrected chi connectivity index (χ0v) is 13.3. The first-order valence-electron chi connectivity index (χ1n) is 8.28. The lowest BCUT2D eigenvalue weighted by atomic mass is 9.97. The number of hydrogen-bond donors (Lipinski definition) is 0. The van der Waals surface area contributed by atoms with E-state index in [2.05, 4.69) is 27.6 Å². The van der Waals surface area contributed by atoms with Gasteiger partial charge in [0, 0.05) is 24.9 Å². The minimum absolute atomic E-state index is 0.556. The second-order valence-electron chi connectivity index (χ2n) is 5.87. The molecule has 1 fully saturated rings. The number of likely N-dealkylation sites (N-methyl/N-ethyl adjacent to an activating group) is 1. The van der Waals surface area contributed by atoms with Crippen molar-refractivity contribution in [2.45, 2.75) is 32.2 Å². The van der Waals surface area contributed by atoms with Gasteiger partial charge in [-0.05, 0) is 38.1 Å². The van der Waals surface area contributed by atoms with Crippen molar-refractivity contribution >= 4 is 0 Å². The van der Waals surface area contributed by atoms with Crippen LogP contribution in [-0.2, 0) is 6.54 Å². The van der Waals surface area contributed by atoms with Crippen molar-refractivity contribution in [2.24, 2.45) is 0 Å². The molecular formula is C18H25N3O. The van der Waals surface area contributed by atoms with Crippen LogP contribution in [0.3, 0.4) is 0 Å². The van der Waals surface area contributed by atoms with Gasteiger partial charge in [0.05, 0.1) is 6.54 Å². The van der Waals surface area contributed by atoms with Gasteiger partial charge >= 0.3 is 0 Å². The van der Waals surface area contributed by atoms with Crippen LogP contribution in [0.25, 0.3) is 0 Å². The van der Waals surface area contributed by atoms with E-state index in [1.807, 2.05) is 36.5 Å². The van der Waals surface area contributed by atoms with Crippen LogP contribution in [0.1, 0.15) is 31.5 Å². The van der Waals surface area contributed by atoms with Crippen molar-refractivity contribution in [3.8, 4) is 5.75 Å². The quantitative estimate of drug-likeness (QED) is 0.821. The third-order valence-corrected chi connectivity index (χ3v) is 4.41. The maximum atomic E-state index is 5.80. The number of para-hydroxylation sites is 1. The summed E-state index contributed by atoms with van der Waals surface area (Å²) in [5, 5.41) is 0. The first-order chi connectivity index (χ1) is 10.9.